The highest BCUT2D eigenvalue weighted by Crippen LogP contribution is 2.13. The molecule has 0 aromatic heterocycles. The smallest absolute Gasteiger partial charge is 0.260 e. The molecule has 1 unspecified atom stereocenters. The van der Waals surface area contributed by atoms with Gasteiger partial charge in [-0.05, 0) is 37.1 Å². The monoisotopic (exact) mass is 253 g/mol. The maximum atomic E-state index is 12.7. The fourth-order valence-electron chi connectivity index (χ4n) is 1.95. The molecule has 1 fully saturated rings. The second-order valence-corrected chi connectivity index (χ2v) is 4.38. The zero-order chi connectivity index (χ0) is 13.0. The Bertz CT molecular complexity index is 407. The third-order valence-corrected chi connectivity index (χ3v) is 2.93. The highest BCUT2D eigenvalue weighted by Gasteiger charge is 2.22. The third kappa shape index (κ3) is 3.43. The van der Waals surface area contributed by atoms with Crippen molar-refractivity contribution in [2.24, 2.45) is 0 Å². The molecule has 1 aromatic carbocycles. The minimum atomic E-state index is -0.437. The average Bonchev–Trinajstić information content (AvgIpc) is 2.38. The van der Waals surface area contributed by atoms with E-state index < -0.39 is 6.10 Å². The first kappa shape index (κ1) is 12.8. The van der Waals surface area contributed by atoms with Crippen LogP contribution < -0.4 is 4.74 Å². The molecule has 1 amide bonds. The molecule has 1 aliphatic rings. The Morgan fingerprint density at radius 2 is 2.17 bits per heavy atom. The van der Waals surface area contributed by atoms with Crippen molar-refractivity contribution in [3.63, 3.8) is 0 Å². The lowest BCUT2D eigenvalue weighted by molar-refractivity contribution is -0.136. The molecule has 1 aromatic rings. The first-order valence-electron chi connectivity index (χ1n) is 5.99. The summed E-state index contributed by atoms with van der Waals surface area (Å²) in [6.45, 7) is 0.937. The van der Waals surface area contributed by atoms with Crippen LogP contribution in [0.5, 0.6) is 5.75 Å². The lowest BCUT2D eigenvalue weighted by atomic mass is 10.1. The van der Waals surface area contributed by atoms with E-state index >= 15 is 0 Å². The van der Waals surface area contributed by atoms with Crippen molar-refractivity contribution >= 4 is 5.91 Å². The fourth-order valence-corrected chi connectivity index (χ4v) is 1.95. The van der Waals surface area contributed by atoms with Crippen LogP contribution in [0.15, 0.2) is 24.3 Å². The van der Waals surface area contributed by atoms with Crippen LogP contribution in [0.2, 0.25) is 0 Å². The number of benzene rings is 1. The largest absolute Gasteiger partial charge is 0.484 e. The zero-order valence-electron chi connectivity index (χ0n) is 10.0. The molecule has 0 bridgehead atoms. The maximum absolute atomic E-state index is 12.7. The molecule has 18 heavy (non-hydrogen) atoms. The van der Waals surface area contributed by atoms with Crippen LogP contribution in [-0.2, 0) is 4.79 Å². The molecule has 5 heteroatoms. The van der Waals surface area contributed by atoms with Crippen molar-refractivity contribution in [1.29, 1.82) is 0 Å². The molecule has 0 radical (unpaired) electrons. The number of halogens is 1. The normalized spacial score (nSPS) is 19.7. The number of amides is 1. The summed E-state index contributed by atoms with van der Waals surface area (Å²) < 4.78 is 17.9. The number of ether oxygens (including phenoxy) is 1. The van der Waals surface area contributed by atoms with E-state index in [1.165, 1.54) is 24.3 Å². The summed E-state index contributed by atoms with van der Waals surface area (Å²) >= 11 is 0. The van der Waals surface area contributed by atoms with Crippen LogP contribution in [0.4, 0.5) is 4.39 Å². The van der Waals surface area contributed by atoms with Gasteiger partial charge in [-0.1, -0.05) is 0 Å². The van der Waals surface area contributed by atoms with Crippen molar-refractivity contribution < 1.29 is 19.0 Å². The van der Waals surface area contributed by atoms with Gasteiger partial charge in [0.1, 0.15) is 11.6 Å². The van der Waals surface area contributed by atoms with Crippen LogP contribution in [0.3, 0.4) is 0 Å². The predicted octanol–water partition coefficient (Wildman–Crippen LogP) is 1.19. The van der Waals surface area contributed by atoms with Crippen molar-refractivity contribution in [3.05, 3.63) is 30.1 Å². The first-order chi connectivity index (χ1) is 8.65. The Labute approximate surface area is 105 Å². The highest BCUT2D eigenvalue weighted by atomic mass is 19.1. The number of likely N-dealkylation sites (tertiary alicyclic amines) is 1. The van der Waals surface area contributed by atoms with E-state index in [-0.39, 0.29) is 18.3 Å². The second-order valence-electron chi connectivity index (χ2n) is 4.38. The van der Waals surface area contributed by atoms with Gasteiger partial charge in [0, 0.05) is 13.1 Å². The Balaban J connectivity index is 1.82. The number of β-amino-alcohol motifs (C(OH)–C–C–N with tert-alkyl or cyclic N) is 1. The lowest BCUT2D eigenvalue weighted by Gasteiger charge is -2.29. The third-order valence-electron chi connectivity index (χ3n) is 2.93. The molecule has 1 aliphatic heterocycles. The van der Waals surface area contributed by atoms with E-state index in [0.29, 0.717) is 18.8 Å². The Morgan fingerprint density at radius 3 is 2.83 bits per heavy atom. The van der Waals surface area contributed by atoms with Gasteiger partial charge in [0.25, 0.3) is 5.91 Å². The number of carbonyl (C=O) groups is 1. The first-order valence-corrected chi connectivity index (χ1v) is 5.99. The summed E-state index contributed by atoms with van der Waals surface area (Å²) in [6, 6.07) is 5.52. The molecule has 1 atom stereocenters. The summed E-state index contributed by atoms with van der Waals surface area (Å²) in [5.41, 5.74) is 0. The molecular formula is C13H16FNO3. The summed E-state index contributed by atoms with van der Waals surface area (Å²) in [6.07, 6.45) is 1.11. The molecule has 98 valence electrons. The summed E-state index contributed by atoms with van der Waals surface area (Å²) in [7, 11) is 0. The van der Waals surface area contributed by atoms with E-state index in [1.54, 1.807) is 4.90 Å². The molecule has 0 aliphatic carbocycles. The van der Waals surface area contributed by atoms with Crippen molar-refractivity contribution in [1.82, 2.24) is 4.90 Å². The van der Waals surface area contributed by atoms with E-state index in [2.05, 4.69) is 0 Å². The Hall–Kier alpha value is -1.62. The highest BCUT2D eigenvalue weighted by molar-refractivity contribution is 5.77. The number of hydrogen-bond donors (Lipinski definition) is 1. The molecule has 0 saturated carbocycles. The minimum Gasteiger partial charge on any atom is -0.484 e. The van der Waals surface area contributed by atoms with Crippen molar-refractivity contribution in [3.8, 4) is 5.75 Å². The van der Waals surface area contributed by atoms with Gasteiger partial charge in [-0.25, -0.2) is 4.39 Å². The Kier molecular flexibility index (Phi) is 4.15. The Morgan fingerprint density at radius 1 is 1.44 bits per heavy atom. The van der Waals surface area contributed by atoms with Crippen LogP contribution in [-0.4, -0.2) is 41.7 Å². The van der Waals surface area contributed by atoms with Gasteiger partial charge in [0.2, 0.25) is 0 Å². The van der Waals surface area contributed by atoms with Gasteiger partial charge in [0.15, 0.2) is 6.61 Å². The average molecular weight is 253 g/mol. The van der Waals surface area contributed by atoms with Gasteiger partial charge in [-0.2, -0.15) is 0 Å². The number of carbonyl (C=O) groups excluding carboxylic acids is 1. The number of nitrogens with zero attached hydrogens (tertiary/aromatic N) is 1. The van der Waals surface area contributed by atoms with Crippen LogP contribution in [0, 0.1) is 5.82 Å². The van der Waals surface area contributed by atoms with Crippen molar-refractivity contribution in [2.45, 2.75) is 18.9 Å². The van der Waals surface area contributed by atoms with Crippen LogP contribution >= 0.6 is 0 Å². The van der Waals surface area contributed by atoms with Gasteiger partial charge in [0.05, 0.1) is 6.10 Å². The van der Waals surface area contributed by atoms with E-state index in [0.717, 1.165) is 12.8 Å². The van der Waals surface area contributed by atoms with Crippen LogP contribution in [0.1, 0.15) is 12.8 Å². The SMILES string of the molecule is O=C(COc1ccc(F)cc1)N1CCCC(O)C1. The van der Waals surface area contributed by atoms with E-state index in [4.69, 9.17) is 4.74 Å². The van der Waals surface area contributed by atoms with E-state index in [9.17, 15) is 14.3 Å². The summed E-state index contributed by atoms with van der Waals surface area (Å²) in [5.74, 6) is -0.0341. The fraction of sp³-hybridized carbons (Fsp3) is 0.462. The van der Waals surface area contributed by atoms with Gasteiger partial charge >= 0.3 is 0 Å². The molecule has 4 nitrogen and oxygen atoms in total. The standard InChI is InChI=1S/C13H16FNO3/c14-10-3-5-12(6-4-10)18-9-13(17)15-7-1-2-11(16)8-15/h3-6,11,16H,1-2,7-9H2. The molecule has 2 rings (SSSR count). The van der Waals surface area contributed by atoms with Crippen LogP contribution in [0.25, 0.3) is 0 Å². The number of aliphatic hydroxyl groups is 1. The summed E-state index contributed by atoms with van der Waals surface area (Å²) in [4.78, 5) is 13.4. The molecule has 1 heterocycles. The number of rotatable bonds is 3. The predicted molar refractivity (Wildman–Crippen MR) is 63.7 cm³/mol. The molecule has 1 saturated heterocycles. The topological polar surface area (TPSA) is 49.8 Å². The van der Waals surface area contributed by atoms with Gasteiger partial charge in [-0.15, -0.1) is 0 Å². The second kappa shape index (κ2) is 5.82. The number of aliphatic hydroxyl groups excluding tert-OH is 1. The van der Waals surface area contributed by atoms with Gasteiger partial charge < -0.3 is 14.7 Å². The molecule has 0 spiro atoms. The maximum Gasteiger partial charge on any atom is 0.260 e. The van der Waals surface area contributed by atoms with Crippen molar-refractivity contribution in [2.75, 3.05) is 19.7 Å². The number of hydrogen-bond acceptors (Lipinski definition) is 3. The minimum absolute atomic E-state index is 0.0850. The molecular weight excluding hydrogens is 237 g/mol. The number of piperidine rings is 1. The quantitative estimate of drug-likeness (QED) is 0.880. The molecule has 1 N–H and O–H groups in total. The summed E-state index contributed by atoms with van der Waals surface area (Å²) in [5, 5.41) is 9.47. The van der Waals surface area contributed by atoms with Gasteiger partial charge in [-0.3, -0.25) is 4.79 Å². The van der Waals surface area contributed by atoms with E-state index in [1.807, 2.05) is 0 Å². The lowest BCUT2D eigenvalue weighted by Crippen LogP contribution is -2.44. The zero-order valence-corrected chi connectivity index (χ0v) is 10.0.